The molecule has 84 valence electrons. The van der Waals surface area contributed by atoms with Gasteiger partial charge in [0.2, 0.25) is 5.13 Å². The molecule has 0 amide bonds. The van der Waals surface area contributed by atoms with Crippen molar-refractivity contribution in [2.24, 2.45) is 0 Å². The quantitative estimate of drug-likeness (QED) is 0.696. The van der Waals surface area contributed by atoms with E-state index in [0.29, 0.717) is 11.0 Å². The summed E-state index contributed by atoms with van der Waals surface area (Å²) in [6.45, 7) is 1.60. The molecule has 0 fully saturated rings. The number of anilines is 1. The first-order valence-electron chi connectivity index (χ1n) is 4.49. The van der Waals surface area contributed by atoms with Crippen molar-refractivity contribution in [3.63, 3.8) is 0 Å². The van der Waals surface area contributed by atoms with Crippen LogP contribution in [0.4, 0.5) is 5.13 Å². The lowest BCUT2D eigenvalue weighted by atomic mass is 10.3. The molecule has 7 heteroatoms. The molecule has 0 aromatic carbocycles. The minimum atomic E-state index is -0.785. The first-order chi connectivity index (χ1) is 7.21. The predicted molar refractivity (Wildman–Crippen MR) is 55.8 cm³/mol. The zero-order valence-corrected chi connectivity index (χ0v) is 9.37. The number of nitrogens with zero attached hydrogens (tertiary/aromatic N) is 2. The van der Waals surface area contributed by atoms with Gasteiger partial charge in [-0.05, 0) is 0 Å². The molecule has 1 rings (SSSR count). The molecule has 0 aliphatic carbocycles. The second-order valence-corrected chi connectivity index (χ2v) is 3.52. The summed E-state index contributed by atoms with van der Waals surface area (Å²) in [5, 5.41) is 12.2. The molecule has 1 aromatic rings. The van der Waals surface area contributed by atoms with Gasteiger partial charge < -0.3 is 15.2 Å². The molecule has 0 spiro atoms. The summed E-state index contributed by atoms with van der Waals surface area (Å²) in [4.78, 5) is 15.2. The van der Waals surface area contributed by atoms with E-state index < -0.39 is 12.0 Å². The number of aryl methyl sites for hydroxylation is 1. The molecule has 2 N–H and O–H groups in total. The first kappa shape index (κ1) is 11.9. The molecule has 1 atom stereocenters. The SMILES string of the molecule is CCc1nsc(NC(CO)C(=O)OC)n1. The van der Waals surface area contributed by atoms with Crippen LogP contribution in [0.15, 0.2) is 0 Å². The highest BCUT2D eigenvalue weighted by Gasteiger charge is 2.19. The van der Waals surface area contributed by atoms with Gasteiger partial charge in [-0.2, -0.15) is 4.37 Å². The molecule has 0 aliphatic heterocycles. The van der Waals surface area contributed by atoms with Crippen molar-refractivity contribution in [3.8, 4) is 0 Å². The fraction of sp³-hybridized carbons (Fsp3) is 0.625. The lowest BCUT2D eigenvalue weighted by Gasteiger charge is -2.11. The average molecular weight is 231 g/mol. The maximum atomic E-state index is 11.1. The highest BCUT2D eigenvalue weighted by Crippen LogP contribution is 2.12. The summed E-state index contributed by atoms with van der Waals surface area (Å²) < 4.78 is 8.55. The standard InChI is InChI=1S/C8H13N3O3S/c1-3-6-10-8(15-11-6)9-5(4-12)7(13)14-2/h5,12H,3-4H2,1-2H3,(H,9,10,11). The Morgan fingerprint density at radius 1 is 1.73 bits per heavy atom. The third kappa shape index (κ3) is 3.14. The molecule has 1 heterocycles. The van der Waals surface area contributed by atoms with Crippen molar-refractivity contribution >= 4 is 22.6 Å². The van der Waals surface area contributed by atoms with Crippen molar-refractivity contribution < 1.29 is 14.6 Å². The number of aliphatic hydroxyl groups excluding tert-OH is 1. The largest absolute Gasteiger partial charge is 0.467 e. The second kappa shape index (κ2) is 5.62. The number of carbonyl (C=O) groups excluding carboxylic acids is 1. The van der Waals surface area contributed by atoms with Crippen LogP contribution in [0.25, 0.3) is 0 Å². The van der Waals surface area contributed by atoms with E-state index in [1.54, 1.807) is 0 Å². The number of hydrogen-bond donors (Lipinski definition) is 2. The lowest BCUT2D eigenvalue weighted by Crippen LogP contribution is -2.33. The molecule has 1 aromatic heterocycles. The maximum absolute atomic E-state index is 11.1. The molecule has 0 aliphatic rings. The number of ether oxygens (including phenoxy) is 1. The van der Waals surface area contributed by atoms with Crippen molar-refractivity contribution in [2.75, 3.05) is 19.0 Å². The van der Waals surface area contributed by atoms with Gasteiger partial charge in [-0.15, -0.1) is 0 Å². The highest BCUT2D eigenvalue weighted by atomic mass is 32.1. The number of rotatable bonds is 5. The zero-order valence-electron chi connectivity index (χ0n) is 8.56. The van der Waals surface area contributed by atoms with Crippen LogP contribution in [-0.2, 0) is 16.0 Å². The Kier molecular flexibility index (Phi) is 4.44. The topological polar surface area (TPSA) is 84.3 Å². The monoisotopic (exact) mass is 231 g/mol. The van der Waals surface area contributed by atoms with Crippen LogP contribution in [0.3, 0.4) is 0 Å². The van der Waals surface area contributed by atoms with Crippen molar-refractivity contribution in [3.05, 3.63) is 5.82 Å². The van der Waals surface area contributed by atoms with Crippen LogP contribution in [-0.4, -0.2) is 40.2 Å². The maximum Gasteiger partial charge on any atom is 0.330 e. The fourth-order valence-corrected chi connectivity index (χ4v) is 1.63. The molecule has 1 unspecified atom stereocenters. The smallest absolute Gasteiger partial charge is 0.330 e. The van der Waals surface area contributed by atoms with Gasteiger partial charge in [0.1, 0.15) is 11.9 Å². The van der Waals surface area contributed by atoms with Crippen molar-refractivity contribution in [1.82, 2.24) is 9.36 Å². The minimum Gasteiger partial charge on any atom is -0.467 e. The second-order valence-electron chi connectivity index (χ2n) is 2.77. The average Bonchev–Trinajstić information content (AvgIpc) is 2.72. The number of aromatic nitrogens is 2. The van der Waals surface area contributed by atoms with Crippen LogP contribution in [0.1, 0.15) is 12.7 Å². The Morgan fingerprint density at radius 3 is 2.93 bits per heavy atom. The highest BCUT2D eigenvalue weighted by molar-refractivity contribution is 7.09. The van der Waals surface area contributed by atoms with Crippen LogP contribution in [0.5, 0.6) is 0 Å². The Balaban J connectivity index is 2.62. The summed E-state index contributed by atoms with van der Waals surface area (Å²) in [5.74, 6) is 0.190. The zero-order chi connectivity index (χ0) is 11.3. The Labute approximate surface area is 91.5 Å². The summed E-state index contributed by atoms with van der Waals surface area (Å²) >= 11 is 1.15. The van der Waals surface area contributed by atoms with Gasteiger partial charge >= 0.3 is 5.97 Å². The first-order valence-corrected chi connectivity index (χ1v) is 5.26. The molecule has 0 saturated carbocycles. The Bertz CT molecular complexity index is 329. The summed E-state index contributed by atoms with van der Waals surface area (Å²) in [5.41, 5.74) is 0. The molecular weight excluding hydrogens is 218 g/mol. The van der Waals surface area contributed by atoms with Gasteiger partial charge in [0, 0.05) is 18.0 Å². The van der Waals surface area contributed by atoms with E-state index in [2.05, 4.69) is 19.4 Å². The van der Waals surface area contributed by atoms with Crippen molar-refractivity contribution in [1.29, 1.82) is 0 Å². The summed E-state index contributed by atoms with van der Waals surface area (Å²) in [6.07, 6.45) is 0.736. The van der Waals surface area contributed by atoms with Crippen LogP contribution >= 0.6 is 11.5 Å². The normalized spacial score (nSPS) is 12.2. The van der Waals surface area contributed by atoms with E-state index in [1.807, 2.05) is 6.92 Å². The van der Waals surface area contributed by atoms with Gasteiger partial charge in [0.25, 0.3) is 0 Å². The summed E-state index contributed by atoms with van der Waals surface area (Å²) in [6, 6.07) is -0.785. The summed E-state index contributed by atoms with van der Waals surface area (Å²) in [7, 11) is 1.27. The number of nitrogens with one attached hydrogen (secondary N) is 1. The van der Waals surface area contributed by atoms with E-state index in [9.17, 15) is 4.79 Å². The molecule has 6 nitrogen and oxygen atoms in total. The van der Waals surface area contributed by atoms with Crippen LogP contribution < -0.4 is 5.32 Å². The molecule has 0 bridgehead atoms. The number of esters is 1. The third-order valence-corrected chi connectivity index (χ3v) is 2.43. The van der Waals surface area contributed by atoms with E-state index in [-0.39, 0.29) is 6.61 Å². The number of aliphatic hydroxyl groups is 1. The van der Waals surface area contributed by atoms with Gasteiger partial charge in [-0.3, -0.25) is 0 Å². The Morgan fingerprint density at radius 2 is 2.47 bits per heavy atom. The minimum absolute atomic E-state index is 0.340. The molecular formula is C8H13N3O3S. The van der Waals surface area contributed by atoms with E-state index in [0.717, 1.165) is 18.0 Å². The van der Waals surface area contributed by atoms with E-state index in [4.69, 9.17) is 5.11 Å². The lowest BCUT2D eigenvalue weighted by molar-refractivity contribution is -0.142. The van der Waals surface area contributed by atoms with Gasteiger partial charge in [0.05, 0.1) is 13.7 Å². The number of carbonyl (C=O) groups is 1. The van der Waals surface area contributed by atoms with Crippen LogP contribution in [0.2, 0.25) is 0 Å². The van der Waals surface area contributed by atoms with Crippen molar-refractivity contribution in [2.45, 2.75) is 19.4 Å². The predicted octanol–water partition coefficient (Wildman–Crippen LogP) is 0.0463. The third-order valence-electron chi connectivity index (χ3n) is 1.75. The number of hydrogen-bond acceptors (Lipinski definition) is 7. The fourth-order valence-electron chi connectivity index (χ4n) is 0.927. The molecule has 0 radical (unpaired) electrons. The van der Waals surface area contributed by atoms with Gasteiger partial charge in [0.15, 0.2) is 0 Å². The van der Waals surface area contributed by atoms with E-state index in [1.165, 1.54) is 7.11 Å². The number of methoxy groups -OCH3 is 1. The Hall–Kier alpha value is -1.21. The van der Waals surface area contributed by atoms with Crippen LogP contribution in [0, 0.1) is 0 Å². The molecule has 0 saturated heterocycles. The van der Waals surface area contributed by atoms with Gasteiger partial charge in [-0.1, -0.05) is 6.92 Å². The molecule has 15 heavy (non-hydrogen) atoms. The van der Waals surface area contributed by atoms with E-state index >= 15 is 0 Å². The van der Waals surface area contributed by atoms with Gasteiger partial charge in [-0.25, -0.2) is 9.78 Å².